The minimum absolute atomic E-state index is 0.215. The second-order valence-corrected chi connectivity index (χ2v) is 11.7. The average molecular weight is 379 g/mol. The molecule has 0 amide bonds. The van der Waals surface area contributed by atoms with Gasteiger partial charge in [-0.05, 0) is 81.5 Å². The molecule has 4 heteroatoms. The Labute approximate surface area is 159 Å². The molecule has 1 atom stereocenters. The Morgan fingerprint density at radius 1 is 1.15 bits per heavy atom. The van der Waals surface area contributed by atoms with E-state index in [2.05, 4.69) is 26.0 Å². The Hall–Kier alpha value is -1.16. The Morgan fingerprint density at radius 3 is 2.50 bits per heavy atom. The first-order valence-corrected chi connectivity index (χ1v) is 11.5. The third-order valence-electron chi connectivity index (χ3n) is 5.57. The highest BCUT2D eigenvalue weighted by atomic mass is 32.2. The number of rotatable bonds is 8. The maximum absolute atomic E-state index is 12.3. The third kappa shape index (κ3) is 5.18. The smallest absolute Gasteiger partial charge is 0.155 e. The fourth-order valence-electron chi connectivity index (χ4n) is 3.90. The molecule has 1 unspecified atom stereocenters. The Morgan fingerprint density at radius 2 is 1.85 bits per heavy atom. The van der Waals surface area contributed by atoms with Crippen LogP contribution in [0.4, 0.5) is 0 Å². The van der Waals surface area contributed by atoms with Gasteiger partial charge in [0.25, 0.3) is 0 Å². The van der Waals surface area contributed by atoms with E-state index in [1.165, 1.54) is 23.1 Å². The summed E-state index contributed by atoms with van der Waals surface area (Å²) in [5, 5.41) is 0. The summed E-state index contributed by atoms with van der Waals surface area (Å²) in [4.78, 5) is 12.3. The van der Waals surface area contributed by atoms with Gasteiger partial charge in [0.1, 0.15) is 5.78 Å². The van der Waals surface area contributed by atoms with Gasteiger partial charge >= 0.3 is 0 Å². The summed E-state index contributed by atoms with van der Waals surface area (Å²) in [6.45, 7) is 9.66. The quantitative estimate of drug-likeness (QED) is 0.603. The number of ketones is 1. The normalized spacial score (nSPS) is 17.3. The van der Waals surface area contributed by atoms with Gasteiger partial charge in [0.15, 0.2) is 9.84 Å². The lowest BCUT2D eigenvalue weighted by molar-refractivity contribution is -0.118. The molecule has 0 heterocycles. The molecule has 0 saturated heterocycles. The minimum atomic E-state index is -3.05. The zero-order valence-electron chi connectivity index (χ0n) is 17.0. The van der Waals surface area contributed by atoms with E-state index < -0.39 is 14.6 Å². The molecule has 0 aromatic heterocycles. The van der Waals surface area contributed by atoms with E-state index in [0.29, 0.717) is 25.2 Å². The van der Waals surface area contributed by atoms with Crippen LogP contribution in [0, 0.1) is 6.92 Å². The van der Waals surface area contributed by atoms with Crippen LogP contribution in [0.5, 0.6) is 0 Å². The zero-order chi connectivity index (χ0) is 19.5. The number of carbonyl (C=O) groups is 1. The molecule has 1 aliphatic rings. The molecule has 0 spiro atoms. The van der Waals surface area contributed by atoms with Crippen molar-refractivity contribution in [2.75, 3.05) is 5.75 Å². The molecule has 1 aromatic carbocycles. The van der Waals surface area contributed by atoms with Crippen molar-refractivity contribution in [1.82, 2.24) is 0 Å². The maximum Gasteiger partial charge on any atom is 0.155 e. The van der Waals surface area contributed by atoms with Crippen LogP contribution in [0.25, 0.3) is 0 Å². The predicted molar refractivity (Wildman–Crippen MR) is 109 cm³/mol. The van der Waals surface area contributed by atoms with E-state index in [-0.39, 0.29) is 11.5 Å². The van der Waals surface area contributed by atoms with Crippen LogP contribution in [0.3, 0.4) is 0 Å². The van der Waals surface area contributed by atoms with Gasteiger partial charge in [-0.25, -0.2) is 8.42 Å². The second-order valence-electron chi connectivity index (χ2n) is 8.88. The summed E-state index contributed by atoms with van der Waals surface area (Å²) in [5.74, 6) is 1.11. The molecular weight excluding hydrogens is 344 g/mol. The highest BCUT2D eigenvalue weighted by Gasteiger charge is 2.28. The number of hydrogen-bond donors (Lipinski definition) is 0. The number of sulfone groups is 1. The van der Waals surface area contributed by atoms with E-state index in [9.17, 15) is 13.2 Å². The average Bonchev–Trinajstić information content (AvgIpc) is 2.87. The Balaban J connectivity index is 1.77. The zero-order valence-corrected chi connectivity index (χ0v) is 17.8. The molecule has 0 N–H and O–H groups in total. The van der Waals surface area contributed by atoms with Crippen molar-refractivity contribution in [3.63, 3.8) is 0 Å². The van der Waals surface area contributed by atoms with Crippen LogP contribution in [0.1, 0.15) is 88.0 Å². The molecule has 0 bridgehead atoms. The molecule has 1 aliphatic carbocycles. The maximum atomic E-state index is 12.3. The van der Waals surface area contributed by atoms with Gasteiger partial charge < -0.3 is 0 Å². The number of carbonyl (C=O) groups excluding carboxylic acids is 1. The topological polar surface area (TPSA) is 51.2 Å². The van der Waals surface area contributed by atoms with Gasteiger partial charge in [0.2, 0.25) is 0 Å². The Bertz CT molecular complexity index is 754. The fourth-order valence-corrected chi connectivity index (χ4v) is 5.09. The second kappa shape index (κ2) is 8.24. The summed E-state index contributed by atoms with van der Waals surface area (Å²) in [6, 6.07) is 4.40. The lowest BCUT2D eigenvalue weighted by Gasteiger charge is -2.18. The molecule has 26 heavy (non-hydrogen) atoms. The summed E-state index contributed by atoms with van der Waals surface area (Å²) < 4.78 is 23.5. The van der Waals surface area contributed by atoms with E-state index in [1.54, 1.807) is 20.8 Å². The van der Waals surface area contributed by atoms with Crippen LogP contribution in [0.2, 0.25) is 0 Å². The summed E-state index contributed by atoms with van der Waals surface area (Å²) >= 11 is 0. The summed E-state index contributed by atoms with van der Waals surface area (Å²) in [7, 11) is -3.05. The van der Waals surface area contributed by atoms with E-state index in [1.807, 2.05) is 0 Å². The van der Waals surface area contributed by atoms with E-state index in [4.69, 9.17) is 0 Å². The van der Waals surface area contributed by atoms with Crippen molar-refractivity contribution in [3.05, 3.63) is 34.4 Å². The van der Waals surface area contributed by atoms with Crippen LogP contribution in [0.15, 0.2) is 12.1 Å². The van der Waals surface area contributed by atoms with Crippen LogP contribution >= 0.6 is 0 Å². The standard InChI is InChI=1S/C22H34O3S/c1-16-10-11-19-14-18(13-17(2)21(16)19)15-20(23)9-7-6-8-12-26(24,25)22(3,4)5/h13-14,16H,6-12,15H2,1-5H3. The van der Waals surface area contributed by atoms with Crippen molar-refractivity contribution >= 4 is 15.6 Å². The molecule has 0 saturated carbocycles. The van der Waals surface area contributed by atoms with Crippen molar-refractivity contribution in [2.24, 2.45) is 0 Å². The van der Waals surface area contributed by atoms with Gasteiger partial charge in [-0.1, -0.05) is 25.5 Å². The lowest BCUT2D eigenvalue weighted by Crippen LogP contribution is -2.30. The van der Waals surface area contributed by atoms with Gasteiger partial charge in [-0.3, -0.25) is 4.79 Å². The number of unbranched alkanes of at least 4 members (excludes halogenated alkanes) is 2. The van der Waals surface area contributed by atoms with Crippen LogP contribution in [-0.2, 0) is 27.5 Å². The Kier molecular flexibility index (Phi) is 6.70. The number of fused-ring (bicyclic) bond motifs is 1. The highest BCUT2D eigenvalue weighted by Crippen LogP contribution is 2.35. The number of benzene rings is 1. The van der Waals surface area contributed by atoms with Crippen molar-refractivity contribution in [2.45, 2.75) is 90.2 Å². The summed E-state index contributed by atoms with van der Waals surface area (Å²) in [5.41, 5.74) is 5.37. The number of Topliss-reactive ketones (excluding diaryl/α,β-unsaturated/α-hetero) is 1. The van der Waals surface area contributed by atoms with E-state index >= 15 is 0 Å². The molecular formula is C22H34O3S. The number of aryl methyl sites for hydroxylation is 2. The lowest BCUT2D eigenvalue weighted by atomic mass is 9.94. The van der Waals surface area contributed by atoms with Crippen LogP contribution in [-0.4, -0.2) is 24.7 Å². The largest absolute Gasteiger partial charge is 0.299 e. The molecule has 3 nitrogen and oxygen atoms in total. The first kappa shape index (κ1) is 21.1. The van der Waals surface area contributed by atoms with Gasteiger partial charge in [-0.2, -0.15) is 0 Å². The summed E-state index contributed by atoms with van der Waals surface area (Å²) in [6.07, 6.45) is 5.60. The molecule has 146 valence electrons. The highest BCUT2D eigenvalue weighted by molar-refractivity contribution is 7.92. The fraction of sp³-hybridized carbons (Fsp3) is 0.682. The first-order valence-electron chi connectivity index (χ1n) is 9.87. The molecule has 0 aliphatic heterocycles. The number of hydrogen-bond acceptors (Lipinski definition) is 3. The minimum Gasteiger partial charge on any atom is -0.299 e. The SMILES string of the molecule is Cc1cc(CC(=O)CCCCCS(=O)(=O)C(C)(C)C)cc2c1C(C)CC2. The van der Waals surface area contributed by atoms with Crippen molar-refractivity contribution in [1.29, 1.82) is 0 Å². The monoisotopic (exact) mass is 378 g/mol. The molecule has 0 fully saturated rings. The molecule has 2 rings (SSSR count). The van der Waals surface area contributed by atoms with Gasteiger partial charge in [0.05, 0.1) is 10.5 Å². The van der Waals surface area contributed by atoms with Gasteiger partial charge in [0, 0.05) is 12.8 Å². The molecule has 1 aromatic rings. The van der Waals surface area contributed by atoms with E-state index in [0.717, 1.165) is 24.8 Å². The van der Waals surface area contributed by atoms with Crippen molar-refractivity contribution in [3.8, 4) is 0 Å². The van der Waals surface area contributed by atoms with Crippen molar-refractivity contribution < 1.29 is 13.2 Å². The first-order chi connectivity index (χ1) is 12.0. The predicted octanol–water partition coefficient (Wildman–Crippen LogP) is 4.93. The van der Waals surface area contributed by atoms with Crippen LogP contribution < -0.4 is 0 Å². The third-order valence-corrected chi connectivity index (χ3v) is 8.27. The molecule has 0 radical (unpaired) electrons. The van der Waals surface area contributed by atoms with Gasteiger partial charge in [-0.15, -0.1) is 0 Å².